The number of piperidine rings is 2. The molecule has 2 aliphatic rings. The summed E-state index contributed by atoms with van der Waals surface area (Å²) in [5.41, 5.74) is 20.0. The fourth-order valence-electron chi connectivity index (χ4n) is 14.0. The molecule has 15 nitrogen and oxygen atoms in total. The van der Waals surface area contributed by atoms with E-state index in [9.17, 15) is 28.8 Å². The Bertz CT molecular complexity index is 4850. The number of carbonyl (C=O) groups excluding carboxylic acids is 6. The number of carbonyl (C=O) groups is 6. The Morgan fingerprint density at radius 3 is 1.00 bits per heavy atom. The van der Waals surface area contributed by atoms with Crippen LogP contribution in [0.5, 0.6) is 0 Å². The van der Waals surface area contributed by atoms with E-state index in [1.807, 2.05) is 227 Å². The highest BCUT2D eigenvalue weighted by molar-refractivity contribution is 7.54. The average Bonchev–Trinajstić information content (AvgIpc) is 1.66. The van der Waals surface area contributed by atoms with Gasteiger partial charge in [-0.05, 0) is 277 Å². The Balaban J connectivity index is 0.000000374. The minimum atomic E-state index is -1.72. The normalized spacial score (nSPS) is 12.0. The molecule has 13 rings (SSSR count). The second-order valence-electron chi connectivity index (χ2n) is 28.8. The van der Waals surface area contributed by atoms with Gasteiger partial charge < -0.3 is 33.3 Å². The number of rotatable bonds is 21. The van der Waals surface area contributed by atoms with E-state index in [1.165, 1.54) is 55.3 Å². The number of hydrogen-bond acceptors (Lipinski definition) is 10. The lowest BCUT2D eigenvalue weighted by Crippen LogP contribution is -2.35. The minimum Gasteiger partial charge on any atom is -0.396 e. The summed E-state index contributed by atoms with van der Waals surface area (Å²) in [7, 11) is 26.5. The van der Waals surface area contributed by atoms with Crippen molar-refractivity contribution < 1.29 is 33.9 Å². The molecule has 7 heterocycles. The van der Waals surface area contributed by atoms with Gasteiger partial charge in [0.05, 0.1) is 70.6 Å². The van der Waals surface area contributed by atoms with Gasteiger partial charge in [-0.2, -0.15) is 0 Å². The second-order valence-corrected chi connectivity index (χ2v) is 39.1. The van der Waals surface area contributed by atoms with Crippen LogP contribution in [-0.2, 0) is 40.0 Å². The van der Waals surface area contributed by atoms with Crippen LogP contribution in [-0.4, -0.2) is 160 Å². The quantitative estimate of drug-likeness (QED) is 0.0232. The lowest BCUT2D eigenvalue weighted by molar-refractivity contribution is -0.109. The van der Waals surface area contributed by atoms with Crippen molar-refractivity contribution in [3.63, 3.8) is 0 Å². The van der Waals surface area contributed by atoms with E-state index < -0.39 is 16.6 Å². The SMILES string of the molecule is C.C.CCC(=O)c1ccc(Cl)cc1.CNCCCO.Cc1c(C(=O)CCl)cn(C)c1-c1ccc(Cl)cc1.Cc1c(C(=O)CN2CCCCC2)cn(C)c1-c1ccc(Cl)cc1.Cc1cc(C(=O)CCl)n(C)c1-c1ccc(Cl)cc1.Cc1cc(C(=O)CN2CCCCC2)n(C)c1-c1ccc(Cl)cc1.Cc1ccn(C)c1-c1ccc(Cl)cc1.O=C(Cl)CCl.[Cl][Al]([Cl])[Cl]. The van der Waals surface area contributed by atoms with Gasteiger partial charge in [-0.3, -0.25) is 38.6 Å². The Morgan fingerprint density at radius 1 is 0.403 bits per heavy atom. The molecule has 0 atom stereocenters. The Kier molecular flexibility index (Phi) is 52.8. The van der Waals surface area contributed by atoms with Crippen molar-refractivity contribution in [3.05, 3.63) is 268 Å². The second kappa shape index (κ2) is 58.4. The average molecular weight is 1970 g/mol. The van der Waals surface area contributed by atoms with Crippen molar-refractivity contribution in [3.8, 4) is 56.3 Å². The summed E-state index contributed by atoms with van der Waals surface area (Å²) in [6.07, 6.45) is 14.6. The van der Waals surface area contributed by atoms with Gasteiger partial charge in [0.25, 0.3) is 0 Å². The van der Waals surface area contributed by atoms with Crippen molar-refractivity contribution in [1.82, 2.24) is 38.0 Å². The molecule has 670 valence electrons. The summed E-state index contributed by atoms with van der Waals surface area (Å²) in [6.45, 7) is 18.4. The first-order valence-electron chi connectivity index (χ1n) is 39.5. The van der Waals surface area contributed by atoms with E-state index in [0.717, 1.165) is 138 Å². The van der Waals surface area contributed by atoms with E-state index in [1.54, 1.807) is 24.3 Å². The minimum absolute atomic E-state index is 0. The summed E-state index contributed by atoms with van der Waals surface area (Å²) in [6, 6.07) is 51.6. The van der Waals surface area contributed by atoms with Gasteiger partial charge in [-0.15, -0.1) is 34.8 Å². The first-order chi connectivity index (χ1) is 58.0. The number of aliphatic hydroxyl groups is 1. The molecule has 0 saturated carbocycles. The van der Waals surface area contributed by atoms with E-state index in [2.05, 4.69) is 52.8 Å². The number of alkyl halides is 3. The van der Waals surface area contributed by atoms with Crippen molar-refractivity contribution >= 4 is 192 Å². The first kappa shape index (κ1) is 112. The van der Waals surface area contributed by atoms with Crippen molar-refractivity contribution in [2.75, 3.05) is 77.1 Å². The topological polar surface area (TPSA) is 166 Å². The number of ketones is 5. The number of hydrogen-bond donors (Lipinski definition) is 2. The maximum Gasteiger partial charge on any atom is 0.643 e. The van der Waals surface area contributed by atoms with Gasteiger partial charge in [-0.1, -0.05) is 165 Å². The summed E-state index contributed by atoms with van der Waals surface area (Å²) in [4.78, 5) is 73.9. The monoisotopic (exact) mass is 1960 g/mol. The molecule has 11 aromatic rings. The van der Waals surface area contributed by atoms with Crippen LogP contribution >= 0.6 is 146 Å². The number of aromatic nitrogens is 5. The number of benzene rings is 6. The first-order valence-corrected chi connectivity index (χ1v) is 49.0. The maximum absolute atomic E-state index is 12.7. The molecule has 0 unspecified atom stereocenters. The molecule has 0 radical (unpaired) electrons. The lowest BCUT2D eigenvalue weighted by Gasteiger charge is -2.25. The van der Waals surface area contributed by atoms with E-state index >= 15 is 0 Å². The number of nitrogens with zero attached hydrogens (tertiary/aromatic N) is 7. The lowest BCUT2D eigenvalue weighted by atomic mass is 10.0. The van der Waals surface area contributed by atoms with Gasteiger partial charge >= 0.3 is 11.4 Å². The molecule has 29 heteroatoms. The number of Topliss-reactive ketones (excluding diaryl/α,β-unsaturated/α-hetero) is 5. The van der Waals surface area contributed by atoms with Crippen molar-refractivity contribution in [2.24, 2.45) is 35.2 Å². The third-order valence-electron chi connectivity index (χ3n) is 19.8. The molecule has 0 aliphatic carbocycles. The van der Waals surface area contributed by atoms with E-state index in [-0.39, 0.29) is 61.4 Å². The molecule has 2 saturated heterocycles. The van der Waals surface area contributed by atoms with Crippen LogP contribution < -0.4 is 5.32 Å². The highest BCUT2D eigenvalue weighted by Gasteiger charge is 2.24. The van der Waals surface area contributed by atoms with E-state index in [0.29, 0.717) is 52.4 Å². The van der Waals surface area contributed by atoms with Crippen LogP contribution in [0, 0.1) is 34.6 Å². The Labute approximate surface area is 801 Å². The molecular weight excluding hydrogens is 1850 g/mol. The zero-order valence-corrected chi connectivity index (χ0v) is 81.8. The number of halogens is 13. The largest absolute Gasteiger partial charge is 0.643 e. The zero-order chi connectivity index (χ0) is 90.4. The molecule has 2 N–H and O–H groups in total. The predicted octanol–water partition coefficient (Wildman–Crippen LogP) is 26.9. The number of nitrogens with one attached hydrogen (secondary N) is 1. The van der Waals surface area contributed by atoms with Crippen LogP contribution in [0.25, 0.3) is 56.3 Å². The molecule has 0 spiro atoms. The van der Waals surface area contributed by atoms with Crippen LogP contribution in [0.15, 0.2) is 182 Å². The van der Waals surface area contributed by atoms with Gasteiger partial charge in [0.2, 0.25) is 5.24 Å². The van der Waals surface area contributed by atoms with Crippen LogP contribution in [0.2, 0.25) is 30.1 Å². The number of likely N-dealkylation sites (tertiary alicyclic amines) is 2. The van der Waals surface area contributed by atoms with Crippen molar-refractivity contribution in [1.29, 1.82) is 0 Å². The van der Waals surface area contributed by atoms with Gasteiger partial charge in [0, 0.05) is 114 Å². The van der Waals surface area contributed by atoms with Gasteiger partial charge in [0.15, 0.2) is 28.9 Å². The van der Waals surface area contributed by atoms with Gasteiger partial charge in [0.1, 0.15) is 0 Å². The molecule has 6 aromatic carbocycles. The Morgan fingerprint density at radius 2 is 0.710 bits per heavy atom. The van der Waals surface area contributed by atoms with Crippen LogP contribution in [0.4, 0.5) is 0 Å². The van der Waals surface area contributed by atoms with Crippen LogP contribution in [0.3, 0.4) is 0 Å². The molecule has 2 fully saturated rings. The summed E-state index contributed by atoms with van der Waals surface area (Å²) in [5.74, 6) is 0.371. The highest BCUT2D eigenvalue weighted by Crippen LogP contribution is 2.34. The number of aliphatic hydroxyl groups excluding tert-OH is 1. The molecule has 124 heavy (non-hydrogen) atoms. The molecule has 0 bridgehead atoms. The maximum atomic E-state index is 12.7. The van der Waals surface area contributed by atoms with Crippen LogP contribution in [0.1, 0.15) is 153 Å². The zero-order valence-electron chi connectivity index (χ0n) is 70.8. The molecule has 5 aromatic heterocycles. The Hall–Kier alpha value is -6.12. The van der Waals surface area contributed by atoms with E-state index in [4.69, 9.17) is 151 Å². The molecule has 2 aliphatic heterocycles. The fraction of sp³-hybridized carbons (Fsp3) is 0.347. The standard InChI is InChI=1S/2C19H23ClN2O.2C14H13Cl2NO.C12H12ClN.C9H9ClO.C4H11NO.C2H2Cl2O.2CH4.Al.3ClH/c1-14-17(18(23)13-22-10-4-3-5-11-22)12-21(2)19(14)15-6-8-16(20)9-7-15;1-14-12-17(18(23)13-22-10-4-3-5-11-22)21(2)19(14)15-6-8-16(20)9-7-15;1-9-12(13(18)7-15)8-17(2)14(9)10-3-5-11(16)6-4-10;1-9-7-12(13(18)8-15)17(2)14(9)10-3-5-11(16)6-4-10;1-9-7-8-14(2)12(9)10-3-5-11(13)6-4-10;1-2-9(11)7-3-5-8(10)6-4-7;1-5-3-2-4-6;3-1-2(4)5;;;;;;/h2*6-9,12H,3-5,10-11,13H2,1-2H3;3-6,8H,7H2,1-2H3;3-7H,8H2,1-2H3;3-8H,1-2H3;3-6H,2H2,1H3;5-6H,2-4H2,1H3;1H2;2*1H4;;3*1H/q;;;;;;;;;;+3;;;/p-3. The highest BCUT2D eigenvalue weighted by atomic mass is 35.8. The van der Waals surface area contributed by atoms with Crippen molar-refractivity contribution in [2.45, 2.75) is 108 Å². The third-order valence-corrected chi connectivity index (χ3v) is 22.3. The van der Waals surface area contributed by atoms with Gasteiger partial charge in [-0.25, -0.2) is 30.1 Å². The summed E-state index contributed by atoms with van der Waals surface area (Å²) in [5, 5.41) is 14.8. The summed E-state index contributed by atoms with van der Waals surface area (Å²) >= 11 is 54.2. The molecular formula is C95H114AlCl13N8O7. The molecule has 0 amide bonds. The summed E-state index contributed by atoms with van der Waals surface area (Å²) < 4.78 is 10.0. The number of aryl methyl sites for hydroxylation is 6. The predicted molar refractivity (Wildman–Crippen MR) is 532 cm³/mol. The fourth-order valence-corrected chi connectivity index (χ4v) is 15.0. The third kappa shape index (κ3) is 36.1. The smallest absolute Gasteiger partial charge is 0.396 e.